The van der Waals surface area contributed by atoms with E-state index in [1.165, 1.54) is 10.6 Å². The number of hydrogen-bond acceptors (Lipinski definition) is 1. The van der Waals surface area contributed by atoms with E-state index in [1.807, 2.05) is 13.0 Å². The van der Waals surface area contributed by atoms with Crippen LogP contribution in [0, 0.1) is 12.9 Å². The standard InChI is InChI=1S/C8H7FN2/c1-6-7-3-2-4-11(7)8(9)5-10-6/h2-5H,1H3. The second-order valence-electron chi connectivity index (χ2n) is 2.43. The van der Waals surface area contributed by atoms with Crippen LogP contribution in [0.25, 0.3) is 5.52 Å². The normalized spacial score (nSPS) is 10.7. The summed E-state index contributed by atoms with van der Waals surface area (Å²) in [7, 11) is 0. The van der Waals surface area contributed by atoms with Crippen LogP contribution in [0.3, 0.4) is 0 Å². The molecule has 2 aromatic rings. The summed E-state index contributed by atoms with van der Waals surface area (Å²) in [6.45, 7) is 1.86. The molecule has 0 aromatic carbocycles. The summed E-state index contributed by atoms with van der Waals surface area (Å²) < 4.78 is 14.4. The molecule has 11 heavy (non-hydrogen) atoms. The van der Waals surface area contributed by atoms with Gasteiger partial charge in [0.05, 0.1) is 17.4 Å². The molecular formula is C8H7FN2. The molecule has 0 N–H and O–H groups in total. The van der Waals surface area contributed by atoms with Crippen molar-refractivity contribution in [1.29, 1.82) is 0 Å². The van der Waals surface area contributed by atoms with Gasteiger partial charge in [-0.3, -0.25) is 9.38 Å². The predicted molar refractivity (Wildman–Crippen MR) is 39.9 cm³/mol. The summed E-state index contributed by atoms with van der Waals surface area (Å²) in [6.07, 6.45) is 2.90. The molecule has 0 amide bonds. The minimum atomic E-state index is -0.324. The van der Waals surface area contributed by atoms with Crippen LogP contribution in [0.5, 0.6) is 0 Å². The van der Waals surface area contributed by atoms with Gasteiger partial charge in [0.15, 0.2) is 0 Å². The SMILES string of the molecule is Cc1ncc(F)n2cccc12. The van der Waals surface area contributed by atoms with Gasteiger partial charge in [-0.15, -0.1) is 0 Å². The smallest absolute Gasteiger partial charge is 0.216 e. The molecule has 0 bridgehead atoms. The Bertz CT molecular complexity index is 356. The summed E-state index contributed by atoms with van der Waals surface area (Å²) >= 11 is 0. The minimum Gasteiger partial charge on any atom is -0.291 e. The van der Waals surface area contributed by atoms with Crippen molar-refractivity contribution in [2.45, 2.75) is 6.92 Å². The van der Waals surface area contributed by atoms with E-state index in [4.69, 9.17) is 0 Å². The maximum absolute atomic E-state index is 12.9. The molecule has 0 spiro atoms. The topological polar surface area (TPSA) is 17.3 Å². The lowest BCUT2D eigenvalue weighted by molar-refractivity contribution is 0.560. The molecule has 56 valence electrons. The number of rotatable bonds is 0. The first-order valence-corrected chi connectivity index (χ1v) is 3.37. The van der Waals surface area contributed by atoms with Gasteiger partial charge >= 0.3 is 0 Å². The quantitative estimate of drug-likeness (QED) is 0.559. The Labute approximate surface area is 63.3 Å². The number of hydrogen-bond donors (Lipinski definition) is 0. The zero-order valence-electron chi connectivity index (χ0n) is 6.08. The number of aromatic nitrogens is 2. The van der Waals surface area contributed by atoms with Crippen molar-refractivity contribution in [3.63, 3.8) is 0 Å². The summed E-state index contributed by atoms with van der Waals surface area (Å²) in [6, 6.07) is 3.64. The van der Waals surface area contributed by atoms with E-state index >= 15 is 0 Å². The third kappa shape index (κ3) is 0.808. The van der Waals surface area contributed by atoms with Crippen LogP contribution in [-0.2, 0) is 0 Å². The fraction of sp³-hybridized carbons (Fsp3) is 0.125. The van der Waals surface area contributed by atoms with E-state index in [0.29, 0.717) is 0 Å². The molecule has 0 radical (unpaired) electrons. The van der Waals surface area contributed by atoms with Crippen LogP contribution >= 0.6 is 0 Å². The predicted octanol–water partition coefficient (Wildman–Crippen LogP) is 1.78. The molecule has 0 aliphatic rings. The Morgan fingerprint density at radius 3 is 3.09 bits per heavy atom. The van der Waals surface area contributed by atoms with E-state index < -0.39 is 0 Å². The van der Waals surface area contributed by atoms with Crippen molar-refractivity contribution in [1.82, 2.24) is 9.38 Å². The summed E-state index contributed by atoms with van der Waals surface area (Å²) in [5, 5.41) is 0. The first-order valence-electron chi connectivity index (χ1n) is 3.37. The second kappa shape index (κ2) is 2.05. The molecule has 2 aromatic heterocycles. The van der Waals surface area contributed by atoms with Gasteiger partial charge in [-0.1, -0.05) is 0 Å². The average molecular weight is 150 g/mol. The molecule has 0 fully saturated rings. The van der Waals surface area contributed by atoms with Gasteiger partial charge in [0.1, 0.15) is 0 Å². The largest absolute Gasteiger partial charge is 0.291 e. The van der Waals surface area contributed by atoms with Crippen molar-refractivity contribution < 1.29 is 4.39 Å². The van der Waals surface area contributed by atoms with E-state index in [1.54, 1.807) is 12.3 Å². The van der Waals surface area contributed by atoms with Crippen molar-refractivity contribution in [2.24, 2.45) is 0 Å². The maximum Gasteiger partial charge on any atom is 0.216 e. The van der Waals surface area contributed by atoms with Gasteiger partial charge < -0.3 is 0 Å². The number of fused-ring (bicyclic) bond motifs is 1. The Morgan fingerprint density at radius 1 is 1.55 bits per heavy atom. The van der Waals surface area contributed by atoms with E-state index in [-0.39, 0.29) is 5.95 Å². The van der Waals surface area contributed by atoms with Gasteiger partial charge in [-0.25, -0.2) is 0 Å². The summed E-state index contributed by atoms with van der Waals surface area (Å²) in [4.78, 5) is 3.88. The molecule has 2 nitrogen and oxygen atoms in total. The van der Waals surface area contributed by atoms with Crippen LogP contribution in [0.1, 0.15) is 5.69 Å². The molecule has 3 heteroatoms. The first-order chi connectivity index (χ1) is 5.29. The molecule has 0 atom stereocenters. The van der Waals surface area contributed by atoms with E-state index in [0.717, 1.165) is 11.2 Å². The molecule has 0 saturated heterocycles. The summed E-state index contributed by atoms with van der Waals surface area (Å²) in [5.74, 6) is -0.324. The fourth-order valence-corrected chi connectivity index (χ4v) is 1.14. The Hall–Kier alpha value is -1.38. The Balaban J connectivity index is 2.96. The molecule has 0 aliphatic carbocycles. The zero-order chi connectivity index (χ0) is 7.84. The molecular weight excluding hydrogens is 143 g/mol. The Kier molecular flexibility index (Phi) is 1.18. The molecule has 2 heterocycles. The number of halogens is 1. The summed E-state index contributed by atoms with van der Waals surface area (Å²) in [5.41, 5.74) is 1.67. The van der Waals surface area contributed by atoms with Crippen molar-refractivity contribution >= 4 is 5.52 Å². The van der Waals surface area contributed by atoms with Crippen molar-refractivity contribution in [2.75, 3.05) is 0 Å². The van der Waals surface area contributed by atoms with Gasteiger partial charge in [0.2, 0.25) is 5.95 Å². The lowest BCUT2D eigenvalue weighted by Crippen LogP contribution is -1.94. The van der Waals surface area contributed by atoms with E-state index in [9.17, 15) is 4.39 Å². The van der Waals surface area contributed by atoms with Crippen LogP contribution in [0.4, 0.5) is 4.39 Å². The monoisotopic (exact) mass is 150 g/mol. The van der Waals surface area contributed by atoms with Crippen LogP contribution in [0.2, 0.25) is 0 Å². The molecule has 0 unspecified atom stereocenters. The van der Waals surface area contributed by atoms with Gasteiger partial charge in [-0.05, 0) is 19.1 Å². The van der Waals surface area contributed by atoms with Crippen LogP contribution in [0.15, 0.2) is 24.5 Å². The minimum absolute atomic E-state index is 0.324. The highest BCUT2D eigenvalue weighted by molar-refractivity contribution is 5.51. The lowest BCUT2D eigenvalue weighted by Gasteiger charge is -1.98. The maximum atomic E-state index is 12.9. The van der Waals surface area contributed by atoms with Crippen molar-refractivity contribution in [3.8, 4) is 0 Å². The van der Waals surface area contributed by atoms with Crippen LogP contribution < -0.4 is 0 Å². The average Bonchev–Trinajstić information content (AvgIpc) is 2.45. The highest BCUT2D eigenvalue weighted by atomic mass is 19.1. The van der Waals surface area contributed by atoms with Gasteiger partial charge in [-0.2, -0.15) is 4.39 Å². The third-order valence-electron chi connectivity index (χ3n) is 1.71. The van der Waals surface area contributed by atoms with Gasteiger partial charge in [0, 0.05) is 6.20 Å². The fourth-order valence-electron chi connectivity index (χ4n) is 1.14. The number of nitrogens with zero attached hydrogens (tertiary/aromatic N) is 2. The molecule has 2 rings (SSSR count). The lowest BCUT2D eigenvalue weighted by atomic mass is 10.4. The third-order valence-corrected chi connectivity index (χ3v) is 1.71. The highest BCUT2D eigenvalue weighted by Crippen LogP contribution is 2.09. The van der Waals surface area contributed by atoms with E-state index in [2.05, 4.69) is 4.98 Å². The highest BCUT2D eigenvalue weighted by Gasteiger charge is 2.00. The van der Waals surface area contributed by atoms with Crippen molar-refractivity contribution in [3.05, 3.63) is 36.2 Å². The molecule has 0 saturated carbocycles. The zero-order valence-corrected chi connectivity index (χ0v) is 6.08. The number of aryl methyl sites for hydroxylation is 1. The van der Waals surface area contributed by atoms with Crippen LogP contribution in [-0.4, -0.2) is 9.38 Å². The Morgan fingerprint density at radius 2 is 2.36 bits per heavy atom. The second-order valence-corrected chi connectivity index (χ2v) is 2.43. The molecule has 0 aliphatic heterocycles. The van der Waals surface area contributed by atoms with Gasteiger partial charge in [0.25, 0.3) is 0 Å². The first kappa shape index (κ1) is 6.34.